The van der Waals surface area contributed by atoms with Crippen LogP contribution in [0.15, 0.2) is 0 Å². The van der Waals surface area contributed by atoms with Crippen LogP contribution >= 0.6 is 0 Å². The lowest BCUT2D eigenvalue weighted by atomic mass is 10.2. The van der Waals surface area contributed by atoms with Crippen molar-refractivity contribution in [1.82, 2.24) is 5.32 Å². The third-order valence-electron chi connectivity index (χ3n) is 0.250. The van der Waals surface area contributed by atoms with Crippen LogP contribution in [0, 0.1) is 0 Å². The lowest BCUT2D eigenvalue weighted by Gasteiger charge is -2.04. The summed E-state index contributed by atoms with van der Waals surface area (Å²) < 4.78 is 0. The normalized spacial score (nSPS) is 16.5. The monoisotopic (exact) mass is 117 g/mol. The summed E-state index contributed by atoms with van der Waals surface area (Å²) in [5, 5.41) is 11.5. The molecule has 2 N–H and O–H groups in total. The van der Waals surface area contributed by atoms with Gasteiger partial charge in [0.1, 0.15) is 0 Å². The summed E-state index contributed by atoms with van der Waals surface area (Å²) >= 11 is 0. The first-order valence-corrected chi connectivity index (χ1v) is 2.93. The van der Waals surface area contributed by atoms with E-state index in [4.69, 9.17) is 5.11 Å². The van der Waals surface area contributed by atoms with Crippen molar-refractivity contribution in [2.75, 3.05) is 13.1 Å². The second-order valence-corrected chi connectivity index (χ2v) is 2.92. The molecule has 1 aliphatic rings. The van der Waals surface area contributed by atoms with Crippen molar-refractivity contribution >= 4 is 0 Å². The van der Waals surface area contributed by atoms with Gasteiger partial charge in [0.05, 0.1) is 5.60 Å². The van der Waals surface area contributed by atoms with Crippen LogP contribution in [0.5, 0.6) is 0 Å². The number of hydrogen-bond acceptors (Lipinski definition) is 2. The van der Waals surface area contributed by atoms with Crippen LogP contribution < -0.4 is 5.32 Å². The topological polar surface area (TPSA) is 42.2 Å². The van der Waals surface area contributed by atoms with Gasteiger partial charge in [0.15, 0.2) is 0 Å². The summed E-state index contributed by atoms with van der Waals surface area (Å²) in [4.78, 5) is 0. The highest BCUT2D eigenvalue weighted by molar-refractivity contribution is 4.58. The fraction of sp³-hybridized carbons (Fsp3) is 1.00. The highest BCUT2D eigenvalue weighted by atomic mass is 16.3. The molecule has 1 aliphatic heterocycles. The number of rotatable bonds is 0. The summed E-state index contributed by atoms with van der Waals surface area (Å²) in [6.07, 6.45) is 0. The molecule has 0 atom stereocenters. The van der Waals surface area contributed by atoms with Gasteiger partial charge in [-0.25, -0.2) is 0 Å². The third-order valence-corrected chi connectivity index (χ3v) is 0.250. The summed E-state index contributed by atoms with van der Waals surface area (Å²) in [5.74, 6) is 0. The van der Waals surface area contributed by atoms with E-state index in [2.05, 4.69) is 5.32 Å². The van der Waals surface area contributed by atoms with E-state index in [0.29, 0.717) is 0 Å². The molecule has 0 radical (unpaired) electrons. The molecular formula is C6H15NO. The largest absolute Gasteiger partial charge is 0.391 e. The molecule has 0 spiro atoms. The Morgan fingerprint density at radius 2 is 1.38 bits per heavy atom. The molecule has 0 unspecified atom stereocenters. The predicted octanol–water partition coefficient (Wildman–Crippen LogP) is 0.367. The second-order valence-electron chi connectivity index (χ2n) is 2.92. The molecule has 0 amide bonds. The minimum absolute atomic E-state index is 0.500. The molecule has 2 heteroatoms. The van der Waals surface area contributed by atoms with Crippen LogP contribution in [-0.2, 0) is 0 Å². The molecule has 50 valence electrons. The van der Waals surface area contributed by atoms with Crippen LogP contribution in [0.3, 0.4) is 0 Å². The zero-order valence-corrected chi connectivity index (χ0v) is 5.86. The van der Waals surface area contributed by atoms with Gasteiger partial charge in [-0.15, -0.1) is 0 Å². The molecular weight excluding hydrogens is 102 g/mol. The minimum Gasteiger partial charge on any atom is -0.391 e. The van der Waals surface area contributed by atoms with E-state index in [1.54, 1.807) is 20.8 Å². The summed E-state index contributed by atoms with van der Waals surface area (Å²) in [6.45, 7) is 7.73. The maximum absolute atomic E-state index is 8.52. The third kappa shape index (κ3) is 169. The molecule has 0 aliphatic carbocycles. The van der Waals surface area contributed by atoms with Crippen molar-refractivity contribution in [3.05, 3.63) is 0 Å². The van der Waals surface area contributed by atoms with E-state index in [-0.39, 0.29) is 0 Å². The quantitative estimate of drug-likeness (QED) is 0.450. The standard InChI is InChI=1S/C4H10O.C2H5N/c1-4(2,3)5;1-2-3-1/h5H,1-3H3;3H,1-2H2. The van der Waals surface area contributed by atoms with Crippen LogP contribution in [0.2, 0.25) is 0 Å². The Labute approximate surface area is 50.9 Å². The smallest absolute Gasteiger partial charge is 0.0563 e. The molecule has 1 fully saturated rings. The van der Waals surface area contributed by atoms with E-state index in [1.165, 1.54) is 13.1 Å². The van der Waals surface area contributed by atoms with E-state index in [1.807, 2.05) is 0 Å². The van der Waals surface area contributed by atoms with Gasteiger partial charge in [-0.3, -0.25) is 0 Å². The first-order chi connectivity index (χ1) is 3.50. The molecule has 1 rings (SSSR count). The van der Waals surface area contributed by atoms with Crippen molar-refractivity contribution in [2.24, 2.45) is 0 Å². The van der Waals surface area contributed by atoms with Crippen LogP contribution in [-0.4, -0.2) is 23.8 Å². The zero-order chi connectivity index (χ0) is 6.62. The highest BCUT2D eigenvalue weighted by Crippen LogP contribution is 1.93. The van der Waals surface area contributed by atoms with Gasteiger partial charge >= 0.3 is 0 Å². The fourth-order valence-corrected chi connectivity index (χ4v) is 0. The molecule has 8 heavy (non-hydrogen) atoms. The van der Waals surface area contributed by atoms with Crippen molar-refractivity contribution in [2.45, 2.75) is 26.4 Å². The van der Waals surface area contributed by atoms with Crippen molar-refractivity contribution in [3.8, 4) is 0 Å². The lowest BCUT2D eigenvalue weighted by Crippen LogP contribution is -2.10. The Morgan fingerprint density at radius 3 is 1.38 bits per heavy atom. The summed E-state index contributed by atoms with van der Waals surface area (Å²) in [5.41, 5.74) is -0.500. The molecule has 2 nitrogen and oxygen atoms in total. The van der Waals surface area contributed by atoms with Crippen molar-refractivity contribution < 1.29 is 5.11 Å². The molecule has 0 saturated carbocycles. The van der Waals surface area contributed by atoms with Gasteiger partial charge < -0.3 is 10.4 Å². The van der Waals surface area contributed by atoms with E-state index in [9.17, 15) is 0 Å². The van der Waals surface area contributed by atoms with Gasteiger partial charge in [0, 0.05) is 13.1 Å². The number of aliphatic hydroxyl groups is 1. The number of hydrogen-bond donors (Lipinski definition) is 2. The van der Waals surface area contributed by atoms with Crippen LogP contribution in [0.1, 0.15) is 20.8 Å². The first-order valence-electron chi connectivity index (χ1n) is 2.93. The molecule has 0 aromatic rings. The van der Waals surface area contributed by atoms with E-state index < -0.39 is 5.60 Å². The Bertz CT molecular complexity index is 45.3. The average Bonchev–Trinajstić information content (AvgIpc) is 1.95. The van der Waals surface area contributed by atoms with Gasteiger partial charge in [-0.1, -0.05) is 0 Å². The molecule has 1 saturated heterocycles. The summed E-state index contributed by atoms with van der Waals surface area (Å²) in [7, 11) is 0. The van der Waals surface area contributed by atoms with Crippen molar-refractivity contribution in [1.29, 1.82) is 0 Å². The average molecular weight is 117 g/mol. The maximum atomic E-state index is 8.52. The minimum atomic E-state index is -0.500. The maximum Gasteiger partial charge on any atom is 0.0563 e. The van der Waals surface area contributed by atoms with Gasteiger partial charge in [-0.05, 0) is 20.8 Å². The van der Waals surface area contributed by atoms with Crippen LogP contribution in [0.4, 0.5) is 0 Å². The zero-order valence-electron chi connectivity index (χ0n) is 5.86. The lowest BCUT2D eigenvalue weighted by molar-refractivity contribution is 0.102. The molecule has 0 aromatic heterocycles. The Hall–Kier alpha value is -0.0800. The highest BCUT2D eigenvalue weighted by Gasteiger charge is 1.97. The fourth-order valence-electron chi connectivity index (χ4n) is 0. The predicted molar refractivity (Wildman–Crippen MR) is 34.8 cm³/mol. The molecule has 0 aromatic carbocycles. The molecule has 1 heterocycles. The number of nitrogens with one attached hydrogen (secondary N) is 1. The first kappa shape index (κ1) is 7.92. The van der Waals surface area contributed by atoms with Gasteiger partial charge in [0.25, 0.3) is 0 Å². The summed E-state index contributed by atoms with van der Waals surface area (Å²) in [6, 6.07) is 0. The van der Waals surface area contributed by atoms with E-state index >= 15 is 0 Å². The van der Waals surface area contributed by atoms with Crippen molar-refractivity contribution in [3.63, 3.8) is 0 Å². The van der Waals surface area contributed by atoms with Gasteiger partial charge in [-0.2, -0.15) is 0 Å². The SMILES string of the molecule is C1CN1.CC(C)(C)O. The van der Waals surface area contributed by atoms with E-state index in [0.717, 1.165) is 0 Å². The van der Waals surface area contributed by atoms with Gasteiger partial charge in [0.2, 0.25) is 0 Å². The Morgan fingerprint density at radius 1 is 1.25 bits per heavy atom. The van der Waals surface area contributed by atoms with Crippen LogP contribution in [0.25, 0.3) is 0 Å². The Kier molecular flexibility index (Phi) is 3.02. The second kappa shape index (κ2) is 3.05. The molecule has 0 bridgehead atoms. The Balaban J connectivity index is 0.000000135.